The number of hydrogen-bond donors (Lipinski definition) is 0. The molecule has 8 rings (SSSR count). The highest BCUT2D eigenvalue weighted by molar-refractivity contribution is 7.26. The zero-order chi connectivity index (χ0) is 27.9. The van der Waals surface area contributed by atoms with Crippen LogP contribution in [0.3, 0.4) is 0 Å². The molecule has 0 aliphatic carbocycles. The van der Waals surface area contributed by atoms with E-state index in [2.05, 4.69) is 141 Å². The minimum atomic E-state index is 1.20. The predicted octanol–water partition coefficient (Wildman–Crippen LogP) is 11.4. The van der Waals surface area contributed by atoms with Gasteiger partial charge in [0.05, 0.1) is 11.0 Å². The Bertz CT molecular complexity index is 2170. The predicted molar refractivity (Wildman–Crippen MR) is 180 cm³/mol. The third kappa shape index (κ3) is 4.32. The topological polar surface area (TPSA) is 4.93 Å². The van der Waals surface area contributed by atoms with Crippen LogP contribution in [0.4, 0.5) is 0 Å². The smallest absolute Gasteiger partial charge is 0.0576 e. The van der Waals surface area contributed by atoms with Gasteiger partial charge in [0.1, 0.15) is 0 Å². The van der Waals surface area contributed by atoms with Crippen molar-refractivity contribution in [1.29, 1.82) is 0 Å². The molecule has 0 unspecified atom stereocenters. The number of hydrogen-bond acceptors (Lipinski definition) is 1. The van der Waals surface area contributed by atoms with Crippen molar-refractivity contribution in [3.05, 3.63) is 150 Å². The number of fused-ring (bicyclic) bond motifs is 7. The number of thiophene rings is 1. The van der Waals surface area contributed by atoms with Gasteiger partial charge in [0, 0.05) is 36.6 Å². The van der Waals surface area contributed by atoms with Crippen molar-refractivity contribution < 1.29 is 0 Å². The third-order valence-electron chi connectivity index (χ3n) is 8.08. The summed E-state index contributed by atoms with van der Waals surface area (Å²) >= 11 is 1.89. The van der Waals surface area contributed by atoms with Crippen LogP contribution in [0.25, 0.3) is 58.8 Å². The summed E-state index contributed by atoms with van der Waals surface area (Å²) in [5.74, 6) is 0. The van der Waals surface area contributed by atoms with Gasteiger partial charge in [-0.2, -0.15) is 0 Å². The molecule has 2 aromatic heterocycles. The molecule has 0 spiro atoms. The van der Waals surface area contributed by atoms with E-state index < -0.39 is 0 Å². The minimum absolute atomic E-state index is 1.20. The fraction of sp³-hybridized carbons (Fsp3) is 0.0769. The number of rotatable bonds is 2. The minimum Gasteiger partial charge on any atom is -0.309 e. The fourth-order valence-electron chi connectivity index (χ4n) is 6.12. The Balaban J connectivity index is 0.000000348. The Morgan fingerprint density at radius 3 is 1.90 bits per heavy atom. The van der Waals surface area contributed by atoms with E-state index in [0.717, 1.165) is 0 Å². The Hall–Kier alpha value is -4.66. The summed E-state index contributed by atoms with van der Waals surface area (Å²) in [4.78, 5) is 0. The Morgan fingerprint density at radius 2 is 1.17 bits per heavy atom. The second-order valence-corrected chi connectivity index (χ2v) is 11.8. The first kappa shape index (κ1) is 25.3. The molecule has 0 N–H and O–H groups in total. The van der Waals surface area contributed by atoms with Gasteiger partial charge in [0.25, 0.3) is 0 Å². The molecule has 41 heavy (non-hydrogen) atoms. The van der Waals surface area contributed by atoms with Crippen molar-refractivity contribution in [2.45, 2.75) is 20.8 Å². The SMILES string of the molecule is Cc1ccccc1.Cc1ccccc1-c1ccc2c3c4c(ccc3n(-c3ccccc3)c2c1C)sc1ccccc14. The average molecular weight is 546 g/mol. The molecule has 0 saturated heterocycles. The van der Waals surface area contributed by atoms with Gasteiger partial charge in [0.15, 0.2) is 0 Å². The normalized spacial score (nSPS) is 11.3. The molecule has 0 fully saturated rings. The van der Waals surface area contributed by atoms with Crippen LogP contribution in [0.1, 0.15) is 16.7 Å². The van der Waals surface area contributed by atoms with Gasteiger partial charge in [-0.3, -0.25) is 0 Å². The van der Waals surface area contributed by atoms with E-state index in [-0.39, 0.29) is 0 Å². The lowest BCUT2D eigenvalue weighted by Gasteiger charge is -2.14. The van der Waals surface area contributed by atoms with Gasteiger partial charge in [-0.1, -0.05) is 109 Å². The summed E-state index contributed by atoms with van der Waals surface area (Å²) in [6.07, 6.45) is 0. The molecule has 198 valence electrons. The summed E-state index contributed by atoms with van der Waals surface area (Å²) in [5, 5.41) is 5.40. The number of benzene rings is 6. The Labute approximate surface area is 244 Å². The lowest BCUT2D eigenvalue weighted by molar-refractivity contribution is 1.17. The van der Waals surface area contributed by atoms with Crippen molar-refractivity contribution >= 4 is 53.3 Å². The quantitative estimate of drug-likeness (QED) is 0.204. The molecule has 6 aromatic carbocycles. The summed E-state index contributed by atoms with van der Waals surface area (Å²) in [5.41, 5.74) is 10.3. The first-order valence-electron chi connectivity index (χ1n) is 14.1. The molecule has 0 radical (unpaired) electrons. The average Bonchev–Trinajstić information content (AvgIpc) is 3.55. The molecular weight excluding hydrogens is 515 g/mol. The van der Waals surface area contributed by atoms with Gasteiger partial charge in [-0.05, 0) is 73.4 Å². The summed E-state index contributed by atoms with van der Waals surface area (Å²) in [7, 11) is 0. The molecule has 1 nitrogen and oxygen atoms in total. The summed E-state index contributed by atoms with van der Waals surface area (Å²) in [6, 6.07) is 47.8. The number of aromatic nitrogens is 1. The largest absolute Gasteiger partial charge is 0.309 e. The fourth-order valence-corrected chi connectivity index (χ4v) is 7.24. The summed E-state index contributed by atoms with van der Waals surface area (Å²) < 4.78 is 5.16. The van der Waals surface area contributed by atoms with E-state index in [9.17, 15) is 0 Å². The molecule has 0 saturated carbocycles. The highest BCUT2D eigenvalue weighted by Crippen LogP contribution is 2.45. The zero-order valence-electron chi connectivity index (χ0n) is 23.6. The highest BCUT2D eigenvalue weighted by atomic mass is 32.1. The number of nitrogens with zero attached hydrogens (tertiary/aromatic N) is 1. The van der Waals surface area contributed by atoms with Gasteiger partial charge >= 0.3 is 0 Å². The van der Waals surface area contributed by atoms with Crippen LogP contribution in [0, 0.1) is 20.8 Å². The summed E-state index contributed by atoms with van der Waals surface area (Å²) in [6.45, 7) is 6.57. The van der Waals surface area contributed by atoms with E-state index in [4.69, 9.17) is 0 Å². The van der Waals surface area contributed by atoms with Crippen LogP contribution in [-0.2, 0) is 0 Å². The van der Waals surface area contributed by atoms with Crippen molar-refractivity contribution in [2.24, 2.45) is 0 Å². The van der Waals surface area contributed by atoms with E-state index in [1.54, 1.807) is 0 Å². The third-order valence-corrected chi connectivity index (χ3v) is 9.21. The second-order valence-electron chi connectivity index (χ2n) is 10.7. The zero-order valence-corrected chi connectivity index (χ0v) is 24.4. The first-order chi connectivity index (χ1) is 20.1. The van der Waals surface area contributed by atoms with Crippen LogP contribution < -0.4 is 0 Å². The van der Waals surface area contributed by atoms with Crippen molar-refractivity contribution in [3.63, 3.8) is 0 Å². The van der Waals surface area contributed by atoms with Crippen molar-refractivity contribution in [1.82, 2.24) is 4.57 Å². The van der Waals surface area contributed by atoms with E-state index >= 15 is 0 Å². The van der Waals surface area contributed by atoms with Crippen LogP contribution in [0.15, 0.2) is 133 Å². The highest BCUT2D eigenvalue weighted by Gasteiger charge is 2.20. The van der Waals surface area contributed by atoms with Crippen molar-refractivity contribution in [3.8, 4) is 16.8 Å². The molecular formula is C39H31NS. The lowest BCUT2D eigenvalue weighted by atomic mass is 9.94. The molecule has 0 bridgehead atoms. The van der Waals surface area contributed by atoms with Crippen molar-refractivity contribution in [2.75, 3.05) is 0 Å². The lowest BCUT2D eigenvalue weighted by Crippen LogP contribution is -1.96. The van der Waals surface area contributed by atoms with E-state index in [1.165, 1.54) is 75.5 Å². The van der Waals surface area contributed by atoms with Crippen LogP contribution >= 0.6 is 11.3 Å². The maximum Gasteiger partial charge on any atom is 0.0576 e. The van der Waals surface area contributed by atoms with Gasteiger partial charge in [-0.25, -0.2) is 0 Å². The molecule has 0 atom stereocenters. The van der Waals surface area contributed by atoms with Crippen LogP contribution in [-0.4, -0.2) is 4.57 Å². The first-order valence-corrected chi connectivity index (χ1v) is 14.9. The molecule has 2 heterocycles. The maximum absolute atomic E-state index is 2.47. The van der Waals surface area contributed by atoms with Gasteiger partial charge < -0.3 is 4.57 Å². The number of aryl methyl sites for hydroxylation is 3. The number of para-hydroxylation sites is 1. The molecule has 0 aliphatic rings. The maximum atomic E-state index is 2.47. The molecule has 0 aliphatic heterocycles. The monoisotopic (exact) mass is 545 g/mol. The molecule has 8 aromatic rings. The van der Waals surface area contributed by atoms with Gasteiger partial charge in [-0.15, -0.1) is 11.3 Å². The molecule has 0 amide bonds. The van der Waals surface area contributed by atoms with Gasteiger partial charge in [0.2, 0.25) is 0 Å². The Morgan fingerprint density at radius 1 is 0.488 bits per heavy atom. The molecule has 2 heteroatoms. The van der Waals surface area contributed by atoms with Crippen LogP contribution in [0.2, 0.25) is 0 Å². The second kappa shape index (κ2) is 10.4. The van der Waals surface area contributed by atoms with E-state index in [1.807, 2.05) is 29.5 Å². The van der Waals surface area contributed by atoms with E-state index in [0.29, 0.717) is 0 Å². The standard InChI is InChI=1S/C32H23NS.C7H8/c1-20-10-6-7-13-23(20)24-16-17-26-30-27(33(32(26)21(24)2)22-11-4-3-5-12-22)18-19-29-31(30)25-14-8-9-15-28(25)34-29;1-7-5-3-2-4-6-7/h3-19H,1-2H3;2-6H,1H3. The van der Waals surface area contributed by atoms with Crippen LogP contribution in [0.5, 0.6) is 0 Å². The Kier molecular flexibility index (Phi) is 6.41.